The molecule has 0 bridgehead atoms. The molecular formula is C22H20N6O2. The molecule has 0 spiro atoms. The second kappa shape index (κ2) is 6.93. The Morgan fingerprint density at radius 3 is 2.23 bits per heavy atom. The highest BCUT2D eigenvalue weighted by atomic mass is 16.3. The standard InChI is InChI=1S/C22H20N6O2/c1-27-16-10-5-4-9-15(16)26-21(27)17-18-19(22(30)28(20(17)23)11-6-12-29)25-14-8-3-2-7-13(14)24-18/h2-5,7-10,29H,6,11-12,23H2,1H3. The molecule has 0 amide bonds. The van der Waals surface area contributed by atoms with Gasteiger partial charge in [-0.3, -0.25) is 9.36 Å². The molecule has 0 aliphatic carbocycles. The van der Waals surface area contributed by atoms with Crippen molar-refractivity contribution in [3.8, 4) is 11.4 Å². The van der Waals surface area contributed by atoms with Crippen molar-refractivity contribution >= 4 is 38.9 Å². The zero-order valence-corrected chi connectivity index (χ0v) is 16.4. The molecule has 3 heterocycles. The van der Waals surface area contributed by atoms with E-state index in [0.717, 1.165) is 11.0 Å². The Morgan fingerprint density at radius 2 is 1.57 bits per heavy atom. The van der Waals surface area contributed by atoms with E-state index in [2.05, 4.69) is 4.98 Å². The van der Waals surface area contributed by atoms with Gasteiger partial charge in [0.15, 0.2) is 5.52 Å². The van der Waals surface area contributed by atoms with Crippen LogP contribution < -0.4 is 11.3 Å². The summed E-state index contributed by atoms with van der Waals surface area (Å²) in [4.78, 5) is 27.3. The Morgan fingerprint density at radius 1 is 0.933 bits per heavy atom. The monoisotopic (exact) mass is 400 g/mol. The Bertz CT molecular complexity index is 1480. The van der Waals surface area contributed by atoms with E-state index in [1.807, 2.05) is 60.1 Å². The number of aliphatic hydroxyl groups is 1. The molecule has 8 nitrogen and oxygen atoms in total. The molecular weight excluding hydrogens is 380 g/mol. The Hall–Kier alpha value is -3.78. The number of aromatic nitrogens is 5. The lowest BCUT2D eigenvalue weighted by atomic mass is 10.1. The first-order valence-corrected chi connectivity index (χ1v) is 9.71. The Kier molecular flexibility index (Phi) is 4.22. The van der Waals surface area contributed by atoms with Crippen molar-refractivity contribution in [2.45, 2.75) is 13.0 Å². The number of aliphatic hydroxyl groups excluding tert-OH is 1. The van der Waals surface area contributed by atoms with Crippen molar-refractivity contribution in [1.82, 2.24) is 24.1 Å². The molecule has 0 saturated carbocycles. The molecule has 3 aromatic heterocycles. The van der Waals surface area contributed by atoms with Gasteiger partial charge in [0.2, 0.25) is 0 Å². The quantitative estimate of drug-likeness (QED) is 0.448. The Labute approximate surface area is 171 Å². The summed E-state index contributed by atoms with van der Waals surface area (Å²) >= 11 is 0. The van der Waals surface area contributed by atoms with Crippen LogP contribution in [0.15, 0.2) is 53.3 Å². The number of fused-ring (bicyclic) bond motifs is 3. The summed E-state index contributed by atoms with van der Waals surface area (Å²) in [5.74, 6) is 0.880. The van der Waals surface area contributed by atoms with Crippen molar-refractivity contribution in [2.75, 3.05) is 12.3 Å². The summed E-state index contributed by atoms with van der Waals surface area (Å²) in [6.45, 7) is 0.234. The van der Waals surface area contributed by atoms with Crippen LogP contribution in [0.2, 0.25) is 0 Å². The van der Waals surface area contributed by atoms with Crippen LogP contribution in [0.25, 0.3) is 44.5 Å². The van der Waals surface area contributed by atoms with Crippen molar-refractivity contribution in [3.63, 3.8) is 0 Å². The zero-order chi connectivity index (χ0) is 20.8. The fraction of sp³-hybridized carbons (Fsp3) is 0.182. The van der Waals surface area contributed by atoms with Gasteiger partial charge in [-0.2, -0.15) is 0 Å². The second-order valence-electron chi connectivity index (χ2n) is 7.19. The highest BCUT2D eigenvalue weighted by molar-refractivity contribution is 5.99. The molecule has 150 valence electrons. The van der Waals surface area contributed by atoms with Gasteiger partial charge in [0, 0.05) is 20.2 Å². The van der Waals surface area contributed by atoms with Crippen molar-refractivity contribution in [2.24, 2.45) is 7.05 Å². The number of nitrogen functional groups attached to an aromatic ring is 1. The van der Waals surface area contributed by atoms with Gasteiger partial charge in [-0.1, -0.05) is 24.3 Å². The number of nitrogens with two attached hydrogens (primary N) is 1. The van der Waals surface area contributed by atoms with E-state index >= 15 is 0 Å². The van der Waals surface area contributed by atoms with Gasteiger partial charge in [-0.25, -0.2) is 15.0 Å². The third-order valence-corrected chi connectivity index (χ3v) is 5.35. The fourth-order valence-electron chi connectivity index (χ4n) is 3.86. The largest absolute Gasteiger partial charge is 0.396 e. The molecule has 0 fully saturated rings. The van der Waals surface area contributed by atoms with Gasteiger partial charge >= 0.3 is 0 Å². The maximum Gasteiger partial charge on any atom is 0.280 e. The molecule has 0 unspecified atom stereocenters. The van der Waals surface area contributed by atoms with Gasteiger partial charge < -0.3 is 15.4 Å². The van der Waals surface area contributed by atoms with Gasteiger partial charge in [-0.15, -0.1) is 0 Å². The zero-order valence-electron chi connectivity index (χ0n) is 16.4. The molecule has 0 saturated heterocycles. The maximum absolute atomic E-state index is 13.2. The third kappa shape index (κ3) is 2.65. The van der Waals surface area contributed by atoms with Gasteiger partial charge in [-0.05, 0) is 30.7 Å². The van der Waals surface area contributed by atoms with Crippen LogP contribution in [-0.4, -0.2) is 35.8 Å². The lowest BCUT2D eigenvalue weighted by molar-refractivity contribution is 0.279. The smallest absolute Gasteiger partial charge is 0.280 e. The van der Waals surface area contributed by atoms with Crippen LogP contribution in [-0.2, 0) is 13.6 Å². The number of para-hydroxylation sites is 4. The van der Waals surface area contributed by atoms with Gasteiger partial charge in [0.05, 0.1) is 27.6 Å². The van der Waals surface area contributed by atoms with Crippen molar-refractivity contribution in [3.05, 3.63) is 58.9 Å². The lowest BCUT2D eigenvalue weighted by Crippen LogP contribution is -2.26. The number of imidazole rings is 1. The average molecular weight is 400 g/mol. The van der Waals surface area contributed by atoms with E-state index in [-0.39, 0.29) is 30.0 Å². The number of aryl methyl sites for hydroxylation is 1. The molecule has 5 aromatic rings. The highest BCUT2D eigenvalue weighted by Crippen LogP contribution is 2.33. The summed E-state index contributed by atoms with van der Waals surface area (Å²) < 4.78 is 3.40. The summed E-state index contributed by atoms with van der Waals surface area (Å²) in [5.41, 5.74) is 10.5. The van der Waals surface area contributed by atoms with E-state index in [4.69, 9.17) is 15.7 Å². The van der Waals surface area contributed by atoms with Crippen LogP contribution >= 0.6 is 0 Å². The molecule has 0 aliphatic rings. The number of hydrogen-bond donors (Lipinski definition) is 2. The first-order chi connectivity index (χ1) is 14.6. The molecule has 2 aromatic carbocycles. The fourth-order valence-corrected chi connectivity index (χ4v) is 3.86. The van der Waals surface area contributed by atoms with Crippen molar-refractivity contribution in [1.29, 1.82) is 0 Å². The van der Waals surface area contributed by atoms with E-state index in [1.165, 1.54) is 4.57 Å². The summed E-state index contributed by atoms with van der Waals surface area (Å²) in [6.07, 6.45) is 0.401. The molecule has 30 heavy (non-hydrogen) atoms. The van der Waals surface area contributed by atoms with E-state index in [9.17, 15) is 9.90 Å². The molecule has 3 N–H and O–H groups in total. The SMILES string of the molecule is Cn1c(-c2c(N)n(CCCO)c(=O)c3nc4ccccc4nc23)nc2ccccc21. The first-order valence-electron chi connectivity index (χ1n) is 9.71. The predicted molar refractivity (Wildman–Crippen MR) is 117 cm³/mol. The highest BCUT2D eigenvalue weighted by Gasteiger charge is 2.23. The van der Waals surface area contributed by atoms with E-state index < -0.39 is 0 Å². The summed E-state index contributed by atoms with van der Waals surface area (Å²) in [6, 6.07) is 15.2. The first kappa shape index (κ1) is 18.3. The number of benzene rings is 2. The third-order valence-electron chi connectivity index (χ3n) is 5.35. The van der Waals surface area contributed by atoms with Crippen LogP contribution in [0.1, 0.15) is 6.42 Å². The lowest BCUT2D eigenvalue weighted by Gasteiger charge is -2.16. The maximum atomic E-state index is 13.2. The molecule has 5 rings (SSSR count). The minimum Gasteiger partial charge on any atom is -0.396 e. The Balaban J connectivity index is 1.94. The minimum atomic E-state index is -0.322. The van der Waals surface area contributed by atoms with Gasteiger partial charge in [0.1, 0.15) is 17.2 Å². The normalized spacial score (nSPS) is 11.7. The molecule has 0 aliphatic heterocycles. The summed E-state index contributed by atoms with van der Waals surface area (Å²) in [7, 11) is 1.91. The molecule has 0 atom stereocenters. The van der Waals surface area contributed by atoms with Crippen LogP contribution in [0.4, 0.5) is 5.82 Å². The number of pyridine rings is 1. The molecule has 0 radical (unpaired) electrons. The second-order valence-corrected chi connectivity index (χ2v) is 7.19. The van der Waals surface area contributed by atoms with Crippen LogP contribution in [0.5, 0.6) is 0 Å². The number of anilines is 1. The summed E-state index contributed by atoms with van der Waals surface area (Å²) in [5, 5.41) is 9.29. The number of rotatable bonds is 4. The minimum absolute atomic E-state index is 0.0467. The van der Waals surface area contributed by atoms with E-state index in [1.54, 1.807) is 0 Å². The predicted octanol–water partition coefficient (Wildman–Crippen LogP) is 2.46. The molecule has 8 heteroatoms. The van der Waals surface area contributed by atoms with Crippen molar-refractivity contribution < 1.29 is 5.11 Å². The van der Waals surface area contributed by atoms with Crippen LogP contribution in [0, 0.1) is 0 Å². The van der Waals surface area contributed by atoms with Crippen LogP contribution in [0.3, 0.4) is 0 Å². The van der Waals surface area contributed by atoms with Gasteiger partial charge in [0.25, 0.3) is 5.56 Å². The number of nitrogens with zero attached hydrogens (tertiary/aromatic N) is 5. The van der Waals surface area contributed by atoms with E-state index in [0.29, 0.717) is 34.4 Å². The average Bonchev–Trinajstić information content (AvgIpc) is 3.09. The topological polar surface area (TPSA) is 112 Å². The number of hydrogen-bond acceptors (Lipinski definition) is 6.